The molecule has 28 heavy (non-hydrogen) atoms. The molecule has 0 bridgehead atoms. The number of amides is 2. The Morgan fingerprint density at radius 1 is 0.964 bits per heavy atom. The van der Waals surface area contributed by atoms with Gasteiger partial charge in [0.2, 0.25) is 0 Å². The molecule has 2 amide bonds. The highest BCUT2D eigenvalue weighted by molar-refractivity contribution is 6.36. The van der Waals surface area contributed by atoms with E-state index in [2.05, 4.69) is 5.32 Å². The van der Waals surface area contributed by atoms with E-state index in [1.165, 1.54) is 45.5 Å². The molecule has 1 aliphatic heterocycles. The number of methoxy groups -OCH3 is 2. The zero-order valence-electron chi connectivity index (χ0n) is 15.4. The molecule has 144 valence electrons. The van der Waals surface area contributed by atoms with Crippen LogP contribution in [-0.4, -0.2) is 42.9 Å². The van der Waals surface area contributed by atoms with Crippen molar-refractivity contribution in [3.8, 4) is 11.5 Å². The van der Waals surface area contributed by atoms with Crippen LogP contribution in [0.2, 0.25) is 0 Å². The first-order chi connectivity index (χ1) is 13.3. The molecule has 0 radical (unpaired) electrons. The molecule has 0 aromatic heterocycles. The van der Waals surface area contributed by atoms with E-state index in [9.17, 15) is 19.7 Å². The van der Waals surface area contributed by atoms with E-state index in [0.717, 1.165) is 4.90 Å². The third kappa shape index (κ3) is 3.37. The number of rotatable bonds is 6. The maximum atomic E-state index is 12.6. The summed E-state index contributed by atoms with van der Waals surface area (Å²) in [5, 5.41) is 13.8. The number of likely N-dealkylation sites (N-methyl/N-ethyl adjacent to an activating group) is 1. The lowest BCUT2D eigenvalue weighted by atomic mass is 10.0. The Morgan fingerprint density at radius 3 is 2.04 bits per heavy atom. The van der Waals surface area contributed by atoms with Gasteiger partial charge in [-0.1, -0.05) is 0 Å². The van der Waals surface area contributed by atoms with E-state index in [0.29, 0.717) is 22.7 Å². The summed E-state index contributed by atoms with van der Waals surface area (Å²) in [6.45, 7) is 0. The Kier molecular flexibility index (Phi) is 4.99. The number of ether oxygens (including phenoxy) is 2. The third-order valence-corrected chi connectivity index (χ3v) is 4.27. The van der Waals surface area contributed by atoms with Crippen molar-refractivity contribution < 1.29 is 24.0 Å². The van der Waals surface area contributed by atoms with Crippen LogP contribution in [0.4, 0.5) is 11.4 Å². The van der Waals surface area contributed by atoms with Gasteiger partial charge in [-0.25, -0.2) is 0 Å². The van der Waals surface area contributed by atoms with Gasteiger partial charge in [-0.05, 0) is 17.7 Å². The number of hydrogen-bond donors (Lipinski definition) is 1. The molecule has 0 fully saturated rings. The summed E-state index contributed by atoms with van der Waals surface area (Å²) in [6, 6.07) is 10.4. The number of nitro groups is 1. The summed E-state index contributed by atoms with van der Waals surface area (Å²) in [5.74, 6) is -0.00900. The van der Waals surface area contributed by atoms with Crippen molar-refractivity contribution in [2.75, 3.05) is 26.6 Å². The molecule has 0 saturated carbocycles. The van der Waals surface area contributed by atoms with Crippen LogP contribution in [0.3, 0.4) is 0 Å². The Balaban J connectivity index is 2.07. The second-order valence-electron chi connectivity index (χ2n) is 5.95. The monoisotopic (exact) mass is 383 g/mol. The standard InChI is InChI=1S/C19H17N3O6/c1-21-18(23)16(11-4-6-13(7-5-11)22(25)26)17(19(21)24)20-12-8-14(27-2)10-15(9-12)28-3/h4-10,20H,1-3H3. The van der Waals surface area contributed by atoms with E-state index in [1.807, 2.05) is 0 Å². The number of nitrogens with zero attached hydrogens (tertiary/aromatic N) is 2. The summed E-state index contributed by atoms with van der Waals surface area (Å²) in [7, 11) is 4.37. The number of anilines is 1. The van der Waals surface area contributed by atoms with Gasteiger partial charge in [-0.3, -0.25) is 24.6 Å². The largest absolute Gasteiger partial charge is 0.497 e. The first kappa shape index (κ1) is 18.9. The van der Waals surface area contributed by atoms with Gasteiger partial charge in [0, 0.05) is 43.1 Å². The topological polar surface area (TPSA) is 111 Å². The van der Waals surface area contributed by atoms with Crippen LogP contribution in [0.5, 0.6) is 11.5 Å². The summed E-state index contributed by atoms with van der Waals surface area (Å²) >= 11 is 0. The van der Waals surface area contributed by atoms with Gasteiger partial charge in [-0.2, -0.15) is 0 Å². The van der Waals surface area contributed by atoms with E-state index in [4.69, 9.17) is 9.47 Å². The maximum Gasteiger partial charge on any atom is 0.277 e. The second-order valence-corrected chi connectivity index (χ2v) is 5.95. The lowest BCUT2D eigenvalue weighted by molar-refractivity contribution is -0.384. The molecule has 1 heterocycles. The number of carbonyl (C=O) groups excluding carboxylic acids is 2. The van der Waals surface area contributed by atoms with E-state index >= 15 is 0 Å². The zero-order valence-corrected chi connectivity index (χ0v) is 15.4. The Labute approximate surface area is 160 Å². The molecule has 2 aromatic carbocycles. The molecule has 9 heteroatoms. The fourth-order valence-corrected chi connectivity index (χ4v) is 2.80. The number of non-ortho nitro benzene ring substituents is 1. The molecule has 0 saturated heterocycles. The smallest absolute Gasteiger partial charge is 0.277 e. The Bertz CT molecular complexity index is 975. The van der Waals surface area contributed by atoms with Crippen molar-refractivity contribution in [1.29, 1.82) is 0 Å². The van der Waals surface area contributed by atoms with Crippen molar-refractivity contribution >= 4 is 28.8 Å². The zero-order chi connectivity index (χ0) is 20.4. The molecule has 1 N–H and O–H groups in total. The predicted octanol–water partition coefficient (Wildman–Crippen LogP) is 2.43. The lowest BCUT2D eigenvalue weighted by Crippen LogP contribution is -2.27. The van der Waals surface area contributed by atoms with Gasteiger partial charge in [0.25, 0.3) is 17.5 Å². The van der Waals surface area contributed by atoms with E-state index in [-0.39, 0.29) is 17.0 Å². The first-order valence-corrected chi connectivity index (χ1v) is 8.17. The van der Waals surface area contributed by atoms with Crippen LogP contribution in [0.1, 0.15) is 5.56 Å². The average molecular weight is 383 g/mol. The molecule has 0 atom stereocenters. The molecular weight excluding hydrogens is 366 g/mol. The van der Waals surface area contributed by atoms with Gasteiger partial charge < -0.3 is 14.8 Å². The van der Waals surface area contributed by atoms with Crippen molar-refractivity contribution in [3.05, 3.63) is 63.8 Å². The number of hydrogen-bond acceptors (Lipinski definition) is 7. The van der Waals surface area contributed by atoms with Crippen molar-refractivity contribution in [3.63, 3.8) is 0 Å². The minimum Gasteiger partial charge on any atom is -0.497 e. The van der Waals surface area contributed by atoms with Crippen LogP contribution in [0.15, 0.2) is 48.2 Å². The fourth-order valence-electron chi connectivity index (χ4n) is 2.80. The van der Waals surface area contributed by atoms with Gasteiger partial charge >= 0.3 is 0 Å². The molecule has 9 nitrogen and oxygen atoms in total. The number of nitro benzene ring substituents is 1. The van der Waals surface area contributed by atoms with Crippen LogP contribution in [0, 0.1) is 10.1 Å². The highest BCUT2D eigenvalue weighted by atomic mass is 16.6. The summed E-state index contributed by atoms with van der Waals surface area (Å²) < 4.78 is 10.4. The minimum absolute atomic E-state index is 0.0664. The summed E-state index contributed by atoms with van der Waals surface area (Å²) in [6.07, 6.45) is 0. The van der Waals surface area contributed by atoms with Crippen LogP contribution >= 0.6 is 0 Å². The normalized spacial score (nSPS) is 13.8. The quantitative estimate of drug-likeness (QED) is 0.463. The van der Waals surface area contributed by atoms with Crippen LogP contribution in [-0.2, 0) is 9.59 Å². The average Bonchev–Trinajstić information content (AvgIpc) is 2.91. The van der Waals surface area contributed by atoms with Gasteiger partial charge in [0.1, 0.15) is 17.2 Å². The van der Waals surface area contributed by atoms with Gasteiger partial charge in [-0.15, -0.1) is 0 Å². The van der Waals surface area contributed by atoms with Crippen molar-refractivity contribution in [2.45, 2.75) is 0 Å². The van der Waals surface area contributed by atoms with Crippen LogP contribution < -0.4 is 14.8 Å². The molecular formula is C19H17N3O6. The molecule has 0 unspecified atom stereocenters. The van der Waals surface area contributed by atoms with Gasteiger partial charge in [0.05, 0.1) is 24.7 Å². The first-order valence-electron chi connectivity index (χ1n) is 8.17. The third-order valence-electron chi connectivity index (χ3n) is 4.27. The van der Waals surface area contributed by atoms with E-state index in [1.54, 1.807) is 18.2 Å². The highest BCUT2D eigenvalue weighted by Gasteiger charge is 2.37. The molecule has 0 aliphatic carbocycles. The highest BCUT2D eigenvalue weighted by Crippen LogP contribution is 2.33. The number of carbonyl (C=O) groups is 2. The fraction of sp³-hybridized carbons (Fsp3) is 0.158. The van der Waals surface area contributed by atoms with Gasteiger partial charge in [0.15, 0.2) is 0 Å². The number of benzene rings is 2. The number of nitrogens with one attached hydrogen (secondary N) is 1. The SMILES string of the molecule is COc1cc(NC2=C(c3ccc([N+](=O)[O-])cc3)C(=O)N(C)C2=O)cc(OC)c1. The number of imide groups is 1. The predicted molar refractivity (Wildman–Crippen MR) is 101 cm³/mol. The molecule has 1 aliphatic rings. The Morgan fingerprint density at radius 2 is 1.54 bits per heavy atom. The maximum absolute atomic E-state index is 12.6. The Hall–Kier alpha value is -3.88. The van der Waals surface area contributed by atoms with E-state index < -0.39 is 16.7 Å². The second kappa shape index (κ2) is 7.39. The minimum atomic E-state index is -0.534. The summed E-state index contributed by atoms with van der Waals surface area (Å²) in [4.78, 5) is 36.5. The molecule has 3 rings (SSSR count). The lowest BCUT2D eigenvalue weighted by Gasteiger charge is -2.12. The van der Waals surface area contributed by atoms with Crippen LogP contribution in [0.25, 0.3) is 5.57 Å². The van der Waals surface area contributed by atoms with Crippen molar-refractivity contribution in [1.82, 2.24) is 4.90 Å². The molecule has 0 spiro atoms. The molecule has 2 aromatic rings. The van der Waals surface area contributed by atoms with Crippen molar-refractivity contribution in [2.24, 2.45) is 0 Å². The summed E-state index contributed by atoms with van der Waals surface area (Å²) in [5.41, 5.74) is 0.968.